The number of hydrogen-bond acceptors (Lipinski definition) is 7. The zero-order valence-corrected chi connectivity index (χ0v) is 17.2. The van der Waals surface area contributed by atoms with Crippen molar-refractivity contribution in [2.75, 3.05) is 6.61 Å². The van der Waals surface area contributed by atoms with Crippen LogP contribution in [0.4, 0.5) is 0 Å². The van der Waals surface area contributed by atoms with Crippen LogP contribution in [-0.2, 0) is 4.74 Å². The molecule has 0 radical (unpaired) electrons. The summed E-state index contributed by atoms with van der Waals surface area (Å²) in [6.45, 7) is 3.75. The maximum absolute atomic E-state index is 13.5. The molecular formula is C23H20N4O4. The van der Waals surface area contributed by atoms with E-state index in [1.807, 2.05) is 43.3 Å². The van der Waals surface area contributed by atoms with Gasteiger partial charge in [0.15, 0.2) is 11.5 Å². The molecule has 5 rings (SSSR count). The number of nitrogens with zero attached hydrogens (tertiary/aromatic N) is 4. The lowest BCUT2D eigenvalue weighted by atomic mass is 9.96. The quantitative estimate of drug-likeness (QED) is 0.346. The number of carbonyl (C=O) groups excluding carboxylic acids is 2. The minimum atomic E-state index is -0.648. The summed E-state index contributed by atoms with van der Waals surface area (Å²) < 4.78 is 12.2. The molecule has 1 fully saturated rings. The Kier molecular flexibility index (Phi) is 4.62. The van der Waals surface area contributed by atoms with Crippen LogP contribution in [0.3, 0.4) is 0 Å². The molecule has 0 spiro atoms. The van der Waals surface area contributed by atoms with Gasteiger partial charge in [0.05, 0.1) is 17.8 Å². The van der Waals surface area contributed by atoms with Gasteiger partial charge in [-0.2, -0.15) is 0 Å². The molecule has 2 aromatic heterocycles. The average Bonchev–Trinajstić information content (AvgIpc) is 3.37. The summed E-state index contributed by atoms with van der Waals surface area (Å²) >= 11 is 0. The van der Waals surface area contributed by atoms with Gasteiger partial charge in [-0.05, 0) is 62.6 Å². The Labute approximate surface area is 177 Å². The summed E-state index contributed by atoms with van der Waals surface area (Å²) in [4.78, 5) is 25.8. The first kappa shape index (κ1) is 19.2. The summed E-state index contributed by atoms with van der Waals surface area (Å²) in [5.41, 5.74) is 3.84. The number of rotatable bonds is 6. The highest BCUT2D eigenvalue weighted by Crippen LogP contribution is 2.43. The molecule has 31 heavy (non-hydrogen) atoms. The summed E-state index contributed by atoms with van der Waals surface area (Å²) in [7, 11) is 0. The zero-order chi connectivity index (χ0) is 21.5. The third kappa shape index (κ3) is 3.30. The number of hydrogen-bond donors (Lipinski definition) is 0. The van der Waals surface area contributed by atoms with Crippen molar-refractivity contribution < 1.29 is 18.8 Å². The number of para-hydroxylation sites is 1. The maximum Gasteiger partial charge on any atom is 0.361 e. The highest BCUT2D eigenvalue weighted by molar-refractivity contribution is 6.15. The van der Waals surface area contributed by atoms with Gasteiger partial charge in [-0.1, -0.05) is 22.5 Å². The van der Waals surface area contributed by atoms with Crippen LogP contribution in [0.2, 0.25) is 0 Å². The monoisotopic (exact) mass is 416 g/mol. The van der Waals surface area contributed by atoms with Crippen molar-refractivity contribution in [1.29, 1.82) is 0 Å². The molecule has 8 nitrogen and oxygen atoms in total. The Balaban J connectivity index is 1.55. The van der Waals surface area contributed by atoms with E-state index in [0.29, 0.717) is 11.3 Å². The van der Waals surface area contributed by atoms with Gasteiger partial charge < -0.3 is 9.26 Å². The normalized spacial score (nSPS) is 13.5. The van der Waals surface area contributed by atoms with Crippen molar-refractivity contribution in [2.45, 2.75) is 32.6 Å². The van der Waals surface area contributed by atoms with Crippen molar-refractivity contribution in [1.82, 2.24) is 20.2 Å². The average molecular weight is 416 g/mol. The minimum Gasteiger partial charge on any atom is -0.461 e. The molecule has 2 heterocycles. The number of ketones is 1. The maximum atomic E-state index is 13.5. The number of fused-ring (bicyclic) bond motifs is 1. The predicted molar refractivity (Wildman–Crippen MR) is 111 cm³/mol. The lowest BCUT2D eigenvalue weighted by molar-refractivity contribution is 0.0512. The Bertz CT molecular complexity index is 1320. The SMILES string of the molecule is CCOC(=O)c1noc(C2CC2)c1C(=O)c1ccc(-n2nnc3ccccc32)cc1C. The van der Waals surface area contributed by atoms with Crippen molar-refractivity contribution in [3.05, 3.63) is 70.6 Å². The molecule has 0 N–H and O–H groups in total. The molecule has 0 bridgehead atoms. The lowest BCUT2D eigenvalue weighted by Crippen LogP contribution is -2.14. The van der Waals surface area contributed by atoms with Gasteiger partial charge in [0.25, 0.3) is 0 Å². The molecule has 0 saturated heterocycles. The molecule has 0 aliphatic heterocycles. The Hall–Kier alpha value is -3.81. The van der Waals surface area contributed by atoms with Crippen LogP contribution in [0.25, 0.3) is 16.7 Å². The highest BCUT2D eigenvalue weighted by atomic mass is 16.5. The second-order valence-corrected chi connectivity index (χ2v) is 7.58. The molecular weight excluding hydrogens is 396 g/mol. The van der Waals surface area contributed by atoms with Gasteiger partial charge in [-0.3, -0.25) is 4.79 Å². The van der Waals surface area contributed by atoms with E-state index >= 15 is 0 Å². The third-order valence-corrected chi connectivity index (χ3v) is 5.41. The van der Waals surface area contributed by atoms with E-state index in [0.717, 1.165) is 35.1 Å². The number of ether oxygens (including phenoxy) is 1. The van der Waals surface area contributed by atoms with Crippen LogP contribution in [0.1, 0.15) is 63.4 Å². The second-order valence-electron chi connectivity index (χ2n) is 7.58. The van der Waals surface area contributed by atoms with Gasteiger partial charge >= 0.3 is 5.97 Å². The van der Waals surface area contributed by atoms with Gasteiger partial charge in [0, 0.05) is 11.5 Å². The zero-order valence-electron chi connectivity index (χ0n) is 17.2. The smallest absolute Gasteiger partial charge is 0.361 e. The molecule has 4 aromatic rings. The third-order valence-electron chi connectivity index (χ3n) is 5.41. The Morgan fingerprint density at radius 2 is 2.00 bits per heavy atom. The molecule has 1 aliphatic rings. The van der Waals surface area contributed by atoms with Crippen LogP contribution >= 0.6 is 0 Å². The van der Waals surface area contributed by atoms with E-state index in [2.05, 4.69) is 15.5 Å². The van der Waals surface area contributed by atoms with E-state index in [9.17, 15) is 9.59 Å². The van der Waals surface area contributed by atoms with Crippen LogP contribution in [0.15, 0.2) is 47.0 Å². The molecule has 0 amide bonds. The molecule has 1 saturated carbocycles. The van der Waals surface area contributed by atoms with E-state index in [1.165, 1.54) is 0 Å². The van der Waals surface area contributed by atoms with Gasteiger partial charge in [-0.15, -0.1) is 5.10 Å². The topological polar surface area (TPSA) is 100 Å². The van der Waals surface area contributed by atoms with Crippen molar-refractivity contribution in [3.8, 4) is 5.69 Å². The number of aromatic nitrogens is 4. The Morgan fingerprint density at radius 1 is 1.19 bits per heavy atom. The predicted octanol–water partition coefficient (Wildman–Crippen LogP) is 4.00. The van der Waals surface area contributed by atoms with Gasteiger partial charge in [0.2, 0.25) is 5.69 Å². The molecule has 1 aliphatic carbocycles. The van der Waals surface area contributed by atoms with Crippen LogP contribution in [-0.4, -0.2) is 38.5 Å². The Morgan fingerprint density at radius 3 is 2.74 bits per heavy atom. The first-order chi connectivity index (χ1) is 15.1. The molecule has 156 valence electrons. The molecule has 8 heteroatoms. The summed E-state index contributed by atoms with van der Waals surface area (Å²) in [6.07, 6.45) is 1.82. The number of carbonyl (C=O) groups is 2. The number of aryl methyl sites for hydroxylation is 1. The summed E-state index contributed by atoms with van der Waals surface area (Å²) in [5.74, 6) is -0.349. The fourth-order valence-electron chi connectivity index (χ4n) is 3.71. The molecule has 0 unspecified atom stereocenters. The van der Waals surface area contributed by atoms with Crippen molar-refractivity contribution >= 4 is 22.8 Å². The lowest BCUT2D eigenvalue weighted by Gasteiger charge is -2.09. The van der Waals surface area contributed by atoms with Crippen LogP contribution < -0.4 is 0 Å². The minimum absolute atomic E-state index is 0.0560. The number of benzene rings is 2. The largest absolute Gasteiger partial charge is 0.461 e. The van der Waals surface area contributed by atoms with E-state index < -0.39 is 5.97 Å². The van der Waals surface area contributed by atoms with E-state index in [1.54, 1.807) is 17.7 Å². The fourth-order valence-corrected chi connectivity index (χ4v) is 3.71. The van der Waals surface area contributed by atoms with E-state index in [4.69, 9.17) is 9.26 Å². The highest BCUT2D eigenvalue weighted by Gasteiger charge is 2.37. The number of esters is 1. The van der Waals surface area contributed by atoms with Crippen LogP contribution in [0.5, 0.6) is 0 Å². The molecule has 2 aromatic carbocycles. The van der Waals surface area contributed by atoms with Crippen LogP contribution in [0, 0.1) is 6.92 Å². The first-order valence-electron chi connectivity index (χ1n) is 10.2. The van der Waals surface area contributed by atoms with Crippen molar-refractivity contribution in [3.63, 3.8) is 0 Å². The van der Waals surface area contributed by atoms with Gasteiger partial charge in [0.1, 0.15) is 11.1 Å². The van der Waals surface area contributed by atoms with E-state index in [-0.39, 0.29) is 29.6 Å². The standard InChI is InChI=1S/C23H20N4O4/c1-3-30-23(29)20-19(22(31-25-20)14-8-9-14)21(28)16-11-10-15(12-13(16)2)27-18-7-5-4-6-17(18)24-26-27/h4-7,10-12,14H,3,8-9H2,1-2H3. The van der Waals surface area contributed by atoms with Gasteiger partial charge in [-0.25, -0.2) is 9.48 Å². The summed E-state index contributed by atoms with van der Waals surface area (Å²) in [6, 6.07) is 13.1. The fraction of sp³-hybridized carbons (Fsp3) is 0.261. The second kappa shape index (κ2) is 7.46. The first-order valence-corrected chi connectivity index (χ1v) is 10.2. The summed E-state index contributed by atoms with van der Waals surface area (Å²) in [5, 5.41) is 12.3. The molecule has 0 atom stereocenters. The van der Waals surface area contributed by atoms with Crippen molar-refractivity contribution in [2.24, 2.45) is 0 Å².